The average molecular weight is 430 g/mol. The van der Waals surface area contributed by atoms with Crippen molar-refractivity contribution in [3.63, 3.8) is 0 Å². The molecule has 2 amide bonds. The molecular weight excluding hydrogens is 408 g/mol. The van der Waals surface area contributed by atoms with Crippen LogP contribution in [0.4, 0.5) is 4.79 Å². The summed E-state index contributed by atoms with van der Waals surface area (Å²) in [6, 6.07) is 9.25. The number of carbonyl (C=O) groups excluding carboxylic acids is 2. The van der Waals surface area contributed by atoms with Crippen molar-refractivity contribution >= 4 is 21.8 Å². The van der Waals surface area contributed by atoms with Crippen LogP contribution < -0.4 is 10.6 Å². The summed E-state index contributed by atoms with van der Waals surface area (Å²) >= 11 is 0. The number of urea groups is 1. The van der Waals surface area contributed by atoms with Crippen LogP contribution >= 0.6 is 0 Å². The number of phenolic OH excluding ortho intramolecular Hbond substituents is 1. The van der Waals surface area contributed by atoms with Crippen LogP contribution in [0, 0.1) is 13.8 Å². The van der Waals surface area contributed by atoms with Gasteiger partial charge in [0.25, 0.3) is 0 Å². The third-order valence-corrected chi connectivity index (χ3v) is 6.58. The Hall–Kier alpha value is -3.33. The summed E-state index contributed by atoms with van der Waals surface area (Å²) in [5.41, 5.74) is 1.92. The summed E-state index contributed by atoms with van der Waals surface area (Å²) in [5, 5.41) is 14.6. The Morgan fingerprint density at radius 1 is 1.13 bits per heavy atom. The third kappa shape index (κ3) is 4.30. The van der Waals surface area contributed by atoms with Crippen molar-refractivity contribution in [3.8, 4) is 5.75 Å². The van der Waals surface area contributed by atoms with Gasteiger partial charge in [-0.25, -0.2) is 18.0 Å². The number of methoxy groups -OCH3 is 1. The number of hydrogen-bond donors (Lipinski definition) is 3. The summed E-state index contributed by atoms with van der Waals surface area (Å²) in [6.07, 6.45) is 0. The van der Waals surface area contributed by atoms with Crippen LogP contribution in [0.2, 0.25) is 0 Å². The van der Waals surface area contributed by atoms with Crippen molar-refractivity contribution in [1.29, 1.82) is 0 Å². The second kappa shape index (κ2) is 8.19. The molecule has 1 aliphatic rings. The lowest BCUT2D eigenvalue weighted by Gasteiger charge is -2.29. The zero-order valence-corrected chi connectivity index (χ0v) is 17.5. The number of aromatic hydroxyl groups is 1. The molecule has 0 bridgehead atoms. The minimum atomic E-state index is -3.87. The van der Waals surface area contributed by atoms with Crippen LogP contribution in [0.5, 0.6) is 5.75 Å². The highest BCUT2D eigenvalue weighted by atomic mass is 32.2. The van der Waals surface area contributed by atoms with E-state index in [0.717, 1.165) is 5.56 Å². The Labute approximate surface area is 174 Å². The molecular formula is C21H22N2O6S. The number of carbonyl (C=O) groups is 2. The van der Waals surface area contributed by atoms with Gasteiger partial charge in [-0.05, 0) is 43.2 Å². The summed E-state index contributed by atoms with van der Waals surface area (Å²) in [5.74, 6) is -1.34. The number of rotatable bonds is 5. The third-order valence-electron chi connectivity index (χ3n) is 4.79. The number of ether oxygens (including phenoxy) is 1. The fourth-order valence-corrected chi connectivity index (χ4v) is 5.00. The van der Waals surface area contributed by atoms with E-state index < -0.39 is 33.6 Å². The summed E-state index contributed by atoms with van der Waals surface area (Å²) in [6.45, 7) is 3.55. The Bertz CT molecular complexity index is 1140. The molecule has 9 heteroatoms. The van der Waals surface area contributed by atoms with Gasteiger partial charge >= 0.3 is 12.0 Å². The largest absolute Gasteiger partial charge is 0.508 e. The highest BCUT2D eigenvalue weighted by Crippen LogP contribution is 2.30. The molecule has 3 rings (SSSR count). The highest BCUT2D eigenvalue weighted by molar-refractivity contribution is 7.91. The molecule has 2 aromatic carbocycles. The van der Waals surface area contributed by atoms with Crippen LogP contribution in [0.15, 0.2) is 58.6 Å². The molecule has 1 aliphatic heterocycles. The zero-order chi connectivity index (χ0) is 22.1. The number of phenols is 1. The number of esters is 1. The lowest BCUT2D eigenvalue weighted by atomic mass is 9.95. The molecule has 0 fully saturated rings. The first kappa shape index (κ1) is 21.4. The van der Waals surface area contributed by atoms with E-state index in [2.05, 4.69) is 10.6 Å². The molecule has 0 spiro atoms. The van der Waals surface area contributed by atoms with Gasteiger partial charge in [-0.1, -0.05) is 29.8 Å². The van der Waals surface area contributed by atoms with Crippen molar-refractivity contribution in [2.24, 2.45) is 0 Å². The molecule has 1 heterocycles. The molecule has 0 saturated heterocycles. The van der Waals surface area contributed by atoms with Gasteiger partial charge in [0.05, 0.1) is 29.4 Å². The van der Waals surface area contributed by atoms with Crippen LogP contribution in [-0.2, 0) is 19.4 Å². The van der Waals surface area contributed by atoms with Crippen LogP contribution in [0.25, 0.3) is 0 Å². The van der Waals surface area contributed by atoms with Crippen molar-refractivity contribution < 1.29 is 27.9 Å². The smallest absolute Gasteiger partial charge is 0.338 e. The van der Waals surface area contributed by atoms with Gasteiger partial charge in [0.1, 0.15) is 5.75 Å². The van der Waals surface area contributed by atoms with Crippen molar-refractivity contribution in [2.45, 2.75) is 24.8 Å². The minimum absolute atomic E-state index is 0.0141. The summed E-state index contributed by atoms with van der Waals surface area (Å²) < 4.78 is 31.0. The van der Waals surface area contributed by atoms with Crippen LogP contribution in [0.3, 0.4) is 0 Å². The molecule has 0 aromatic heterocycles. The van der Waals surface area contributed by atoms with Gasteiger partial charge in [-0.2, -0.15) is 0 Å². The lowest BCUT2D eigenvalue weighted by Crippen LogP contribution is -2.47. The number of amides is 2. The first-order chi connectivity index (χ1) is 14.1. The second-order valence-corrected chi connectivity index (χ2v) is 8.99. The van der Waals surface area contributed by atoms with Gasteiger partial charge in [-0.3, -0.25) is 0 Å². The van der Waals surface area contributed by atoms with E-state index in [0.29, 0.717) is 11.1 Å². The van der Waals surface area contributed by atoms with Crippen LogP contribution in [-0.4, -0.2) is 38.4 Å². The molecule has 8 nitrogen and oxygen atoms in total. The monoisotopic (exact) mass is 430 g/mol. The fraction of sp³-hybridized carbons (Fsp3) is 0.238. The van der Waals surface area contributed by atoms with Crippen molar-refractivity contribution in [2.75, 3.05) is 12.9 Å². The molecule has 2 aromatic rings. The van der Waals surface area contributed by atoms with Gasteiger partial charge in [0.2, 0.25) is 0 Å². The van der Waals surface area contributed by atoms with Gasteiger partial charge in [0, 0.05) is 5.70 Å². The summed E-state index contributed by atoms with van der Waals surface area (Å²) in [4.78, 5) is 24.9. The number of sulfone groups is 1. The first-order valence-electron chi connectivity index (χ1n) is 9.10. The molecule has 0 unspecified atom stereocenters. The molecule has 0 radical (unpaired) electrons. The van der Waals surface area contributed by atoms with Gasteiger partial charge in [-0.15, -0.1) is 0 Å². The zero-order valence-electron chi connectivity index (χ0n) is 16.7. The van der Waals surface area contributed by atoms with E-state index in [4.69, 9.17) is 4.74 Å². The Morgan fingerprint density at radius 2 is 1.80 bits per heavy atom. The number of hydrogen-bond acceptors (Lipinski definition) is 6. The van der Waals surface area contributed by atoms with Gasteiger partial charge < -0.3 is 20.5 Å². The maximum absolute atomic E-state index is 13.1. The average Bonchev–Trinajstić information content (AvgIpc) is 2.67. The normalized spacial score (nSPS) is 16.6. The minimum Gasteiger partial charge on any atom is -0.508 e. The highest BCUT2D eigenvalue weighted by Gasteiger charge is 2.35. The van der Waals surface area contributed by atoms with Gasteiger partial charge in [0.15, 0.2) is 9.84 Å². The maximum atomic E-state index is 13.1. The lowest BCUT2D eigenvalue weighted by molar-refractivity contribution is -0.136. The van der Waals surface area contributed by atoms with E-state index in [9.17, 15) is 23.1 Å². The van der Waals surface area contributed by atoms with Crippen molar-refractivity contribution in [3.05, 3.63) is 70.4 Å². The van der Waals surface area contributed by atoms with Crippen LogP contribution in [0.1, 0.15) is 22.7 Å². The molecule has 0 aliphatic carbocycles. The summed E-state index contributed by atoms with van der Waals surface area (Å²) in [7, 11) is -2.69. The Balaban J connectivity index is 2.11. The molecule has 158 valence electrons. The van der Waals surface area contributed by atoms with E-state index in [1.54, 1.807) is 19.1 Å². The Kier molecular flexibility index (Phi) is 5.84. The molecule has 30 heavy (non-hydrogen) atoms. The number of benzene rings is 2. The van der Waals surface area contributed by atoms with E-state index >= 15 is 0 Å². The topological polar surface area (TPSA) is 122 Å². The maximum Gasteiger partial charge on any atom is 0.338 e. The molecule has 0 saturated carbocycles. The second-order valence-electron chi connectivity index (χ2n) is 7.03. The van der Waals surface area contributed by atoms with Crippen molar-refractivity contribution in [1.82, 2.24) is 10.6 Å². The predicted octanol–water partition coefficient (Wildman–Crippen LogP) is 2.26. The quantitative estimate of drug-likeness (QED) is 0.626. The Morgan fingerprint density at radius 3 is 2.40 bits per heavy atom. The standard InChI is InChI=1S/C21H22N2O6S/c1-12-4-9-17(13(2)10-12)30(27,28)11-16-18(20(25)29-3)19(23-21(26)22-16)14-5-7-15(24)8-6-14/h4-10,19,24H,11H2,1-3H3,(H2,22,23,26)/t19-/m1/s1. The SMILES string of the molecule is COC(=O)C1=C(CS(=O)(=O)c2ccc(C)cc2C)NC(=O)N[C@@H]1c1ccc(O)cc1. The first-order valence-corrected chi connectivity index (χ1v) is 10.8. The van der Waals surface area contributed by atoms with E-state index in [1.165, 1.54) is 37.4 Å². The van der Waals surface area contributed by atoms with E-state index in [-0.39, 0.29) is 21.9 Å². The van der Waals surface area contributed by atoms with E-state index in [1.807, 2.05) is 6.92 Å². The number of aryl methyl sites for hydroxylation is 2. The predicted molar refractivity (Wildman–Crippen MR) is 110 cm³/mol. The molecule has 1 atom stereocenters. The fourth-order valence-electron chi connectivity index (χ4n) is 3.42. The number of nitrogens with one attached hydrogen (secondary N) is 2. The molecule has 3 N–H and O–H groups in total.